The van der Waals surface area contributed by atoms with Crippen molar-refractivity contribution in [3.05, 3.63) is 70.4 Å². The molecule has 29 heavy (non-hydrogen) atoms. The van der Waals surface area contributed by atoms with Crippen LogP contribution in [0.5, 0.6) is 0 Å². The Morgan fingerprint density at radius 3 is 2.62 bits per heavy atom. The molecule has 1 aliphatic heterocycles. The number of aromatic nitrogens is 1. The number of aromatic amines is 1. The highest BCUT2D eigenvalue weighted by Crippen LogP contribution is 2.22. The lowest BCUT2D eigenvalue weighted by Crippen LogP contribution is -2.35. The molecule has 1 amide bonds. The molecule has 0 bridgehead atoms. The van der Waals surface area contributed by atoms with Gasteiger partial charge in [0.1, 0.15) is 5.69 Å². The fraction of sp³-hybridized carbons (Fsp3) is 0.333. The molecule has 0 spiro atoms. The number of nitriles is 1. The zero-order chi connectivity index (χ0) is 20.4. The number of rotatable bonds is 3. The Morgan fingerprint density at radius 2 is 1.86 bits per heavy atom. The number of amides is 1. The van der Waals surface area contributed by atoms with E-state index >= 15 is 0 Å². The fourth-order valence-corrected chi connectivity index (χ4v) is 4.16. The van der Waals surface area contributed by atoms with Crippen LogP contribution in [0.25, 0.3) is 10.9 Å². The van der Waals surface area contributed by atoms with Crippen molar-refractivity contribution in [1.82, 2.24) is 14.8 Å². The molecule has 2 heterocycles. The van der Waals surface area contributed by atoms with E-state index in [2.05, 4.69) is 41.9 Å². The molecule has 5 heteroatoms. The Balaban J connectivity index is 1.43. The molecule has 1 fully saturated rings. The fourth-order valence-electron chi connectivity index (χ4n) is 4.16. The average molecular weight is 386 g/mol. The van der Waals surface area contributed by atoms with E-state index in [1.807, 2.05) is 35.2 Å². The van der Waals surface area contributed by atoms with Crippen LogP contribution in [-0.2, 0) is 6.54 Å². The Bertz CT molecular complexity index is 1070. The van der Waals surface area contributed by atoms with Crippen molar-refractivity contribution in [3.63, 3.8) is 0 Å². The zero-order valence-electron chi connectivity index (χ0n) is 17.0. The molecule has 0 radical (unpaired) electrons. The Hall–Kier alpha value is -3.10. The maximum absolute atomic E-state index is 13.1. The van der Waals surface area contributed by atoms with Crippen LogP contribution in [0, 0.1) is 25.2 Å². The maximum Gasteiger partial charge on any atom is 0.270 e. The van der Waals surface area contributed by atoms with Crippen molar-refractivity contribution >= 4 is 16.8 Å². The number of nitrogens with zero attached hydrogens (tertiary/aromatic N) is 3. The minimum atomic E-state index is 0.0819. The van der Waals surface area contributed by atoms with Crippen molar-refractivity contribution in [2.24, 2.45) is 0 Å². The lowest BCUT2D eigenvalue weighted by atomic mass is 10.1. The highest BCUT2D eigenvalue weighted by molar-refractivity contribution is 5.99. The SMILES string of the molecule is Cc1cc(C)c2cc(C(=O)N3CCCN(Cc4ccc(C#N)cc4)CC3)[nH]c2c1. The van der Waals surface area contributed by atoms with Gasteiger partial charge in [0.2, 0.25) is 0 Å². The van der Waals surface area contributed by atoms with Crippen LogP contribution >= 0.6 is 0 Å². The molecule has 0 unspecified atom stereocenters. The molecular formula is C24H26N4O. The lowest BCUT2D eigenvalue weighted by molar-refractivity contribution is 0.0756. The molecule has 0 aliphatic carbocycles. The molecule has 3 aromatic rings. The largest absolute Gasteiger partial charge is 0.351 e. The van der Waals surface area contributed by atoms with Gasteiger partial charge in [-0.2, -0.15) is 5.26 Å². The molecule has 1 N–H and O–H groups in total. The predicted octanol–water partition coefficient (Wildman–Crippen LogP) is 4.00. The highest BCUT2D eigenvalue weighted by Gasteiger charge is 2.22. The zero-order valence-corrected chi connectivity index (χ0v) is 17.0. The van der Waals surface area contributed by atoms with Gasteiger partial charge in [0.15, 0.2) is 0 Å². The smallest absolute Gasteiger partial charge is 0.270 e. The molecule has 4 rings (SSSR count). The van der Waals surface area contributed by atoms with Gasteiger partial charge in [-0.3, -0.25) is 9.69 Å². The third kappa shape index (κ3) is 4.18. The quantitative estimate of drug-likeness (QED) is 0.740. The number of nitrogens with one attached hydrogen (secondary N) is 1. The summed E-state index contributed by atoms with van der Waals surface area (Å²) in [4.78, 5) is 20.8. The van der Waals surface area contributed by atoms with Crippen LogP contribution in [0.3, 0.4) is 0 Å². The van der Waals surface area contributed by atoms with Gasteiger partial charge in [-0.25, -0.2) is 0 Å². The van der Waals surface area contributed by atoms with Crippen molar-refractivity contribution in [2.75, 3.05) is 26.2 Å². The van der Waals surface area contributed by atoms with Crippen LogP contribution in [0.1, 0.15) is 39.2 Å². The minimum absolute atomic E-state index is 0.0819. The monoisotopic (exact) mass is 386 g/mol. The summed E-state index contributed by atoms with van der Waals surface area (Å²) < 4.78 is 0. The summed E-state index contributed by atoms with van der Waals surface area (Å²) in [5, 5.41) is 10.1. The van der Waals surface area contributed by atoms with E-state index in [0.717, 1.165) is 50.0 Å². The summed E-state index contributed by atoms with van der Waals surface area (Å²) in [6.07, 6.45) is 0.959. The first-order valence-electron chi connectivity index (χ1n) is 10.1. The first kappa shape index (κ1) is 19.2. The van der Waals surface area contributed by atoms with E-state index in [0.29, 0.717) is 11.3 Å². The standard InChI is InChI=1S/C24H26N4O/c1-17-12-18(2)21-14-23(26-22(21)13-17)24(29)28-9-3-8-27(10-11-28)16-20-6-4-19(15-25)5-7-20/h4-7,12-14,26H,3,8-11,16H2,1-2H3. The van der Waals surface area contributed by atoms with Crippen molar-refractivity contribution in [3.8, 4) is 6.07 Å². The number of benzene rings is 2. The lowest BCUT2D eigenvalue weighted by Gasteiger charge is -2.21. The molecule has 2 aromatic carbocycles. The van der Waals surface area contributed by atoms with E-state index in [1.54, 1.807) is 0 Å². The molecule has 0 saturated carbocycles. The number of H-pyrrole nitrogens is 1. The van der Waals surface area contributed by atoms with Gasteiger partial charge in [-0.05, 0) is 61.2 Å². The van der Waals surface area contributed by atoms with E-state index in [1.165, 1.54) is 16.7 Å². The van der Waals surface area contributed by atoms with Crippen molar-refractivity contribution in [1.29, 1.82) is 5.26 Å². The first-order chi connectivity index (χ1) is 14.0. The topological polar surface area (TPSA) is 63.1 Å². The Kier molecular flexibility index (Phi) is 5.37. The van der Waals surface area contributed by atoms with Crippen LogP contribution < -0.4 is 0 Å². The second-order valence-electron chi connectivity index (χ2n) is 7.96. The highest BCUT2D eigenvalue weighted by atomic mass is 16.2. The van der Waals surface area contributed by atoms with Gasteiger partial charge < -0.3 is 9.88 Å². The number of carbonyl (C=O) groups excluding carboxylic acids is 1. The summed E-state index contributed by atoms with van der Waals surface area (Å²) in [6, 6.07) is 16.2. The molecule has 0 atom stereocenters. The summed E-state index contributed by atoms with van der Waals surface area (Å²) >= 11 is 0. The number of aryl methyl sites for hydroxylation is 2. The summed E-state index contributed by atoms with van der Waals surface area (Å²) in [6.45, 7) is 8.33. The van der Waals surface area contributed by atoms with E-state index in [-0.39, 0.29) is 5.91 Å². The van der Waals surface area contributed by atoms with E-state index in [4.69, 9.17) is 5.26 Å². The number of carbonyl (C=O) groups is 1. The van der Waals surface area contributed by atoms with Gasteiger partial charge in [-0.15, -0.1) is 0 Å². The molecule has 1 saturated heterocycles. The van der Waals surface area contributed by atoms with Crippen LogP contribution in [0.4, 0.5) is 0 Å². The van der Waals surface area contributed by atoms with E-state index in [9.17, 15) is 4.79 Å². The average Bonchev–Trinajstić information content (AvgIpc) is 3.01. The Labute approximate surface area is 171 Å². The predicted molar refractivity (Wildman–Crippen MR) is 115 cm³/mol. The maximum atomic E-state index is 13.1. The van der Waals surface area contributed by atoms with Gasteiger partial charge in [0.25, 0.3) is 5.91 Å². The van der Waals surface area contributed by atoms with Gasteiger partial charge in [-0.1, -0.05) is 18.2 Å². The van der Waals surface area contributed by atoms with Crippen LogP contribution in [0.15, 0.2) is 42.5 Å². The van der Waals surface area contributed by atoms with Crippen molar-refractivity contribution in [2.45, 2.75) is 26.8 Å². The van der Waals surface area contributed by atoms with Gasteiger partial charge in [0, 0.05) is 43.6 Å². The molecule has 1 aliphatic rings. The summed E-state index contributed by atoms with van der Waals surface area (Å²) in [7, 11) is 0. The number of fused-ring (bicyclic) bond motifs is 1. The second-order valence-corrected chi connectivity index (χ2v) is 7.96. The minimum Gasteiger partial charge on any atom is -0.351 e. The Morgan fingerprint density at radius 1 is 1.07 bits per heavy atom. The molecule has 1 aromatic heterocycles. The summed E-state index contributed by atoms with van der Waals surface area (Å²) in [5.41, 5.74) is 5.98. The van der Waals surface area contributed by atoms with Crippen molar-refractivity contribution < 1.29 is 4.79 Å². The molecule has 148 valence electrons. The van der Waals surface area contributed by atoms with E-state index < -0.39 is 0 Å². The third-order valence-corrected chi connectivity index (χ3v) is 5.68. The number of hydrogen-bond donors (Lipinski definition) is 1. The van der Waals surface area contributed by atoms with Gasteiger partial charge >= 0.3 is 0 Å². The second kappa shape index (κ2) is 8.10. The normalized spacial score (nSPS) is 15.3. The third-order valence-electron chi connectivity index (χ3n) is 5.68. The van der Waals surface area contributed by atoms with Gasteiger partial charge in [0.05, 0.1) is 11.6 Å². The molecule has 5 nitrogen and oxygen atoms in total. The summed E-state index contributed by atoms with van der Waals surface area (Å²) in [5.74, 6) is 0.0819. The van der Waals surface area contributed by atoms with Crippen LogP contribution in [-0.4, -0.2) is 46.9 Å². The number of hydrogen-bond acceptors (Lipinski definition) is 3. The molecular weight excluding hydrogens is 360 g/mol. The first-order valence-corrected chi connectivity index (χ1v) is 10.1. The van der Waals surface area contributed by atoms with Crippen LogP contribution in [0.2, 0.25) is 0 Å².